The number of rotatable bonds is 3. The molecule has 6 heteroatoms. The molecule has 0 atom stereocenters. The second-order valence-corrected chi connectivity index (χ2v) is 4.53. The Morgan fingerprint density at radius 1 is 1.33 bits per heavy atom. The van der Waals surface area contributed by atoms with E-state index in [1.165, 1.54) is 0 Å². The van der Waals surface area contributed by atoms with Crippen LogP contribution < -0.4 is 0 Å². The van der Waals surface area contributed by atoms with E-state index in [9.17, 15) is 4.79 Å². The first-order valence-electron chi connectivity index (χ1n) is 6.65. The van der Waals surface area contributed by atoms with Gasteiger partial charge < -0.3 is 4.74 Å². The van der Waals surface area contributed by atoms with Crippen molar-refractivity contribution in [3.05, 3.63) is 47.9 Å². The summed E-state index contributed by atoms with van der Waals surface area (Å²) in [5, 5.41) is 5.18. The first-order valence-corrected chi connectivity index (χ1v) is 6.65. The molecule has 0 aliphatic carbocycles. The number of esters is 1. The lowest BCUT2D eigenvalue weighted by Crippen LogP contribution is -2.08. The number of carbonyl (C=O) groups is 1. The number of carbonyl (C=O) groups excluding carboxylic acids is 1. The van der Waals surface area contributed by atoms with Gasteiger partial charge in [-0.15, -0.1) is 0 Å². The van der Waals surface area contributed by atoms with Crippen LogP contribution in [-0.4, -0.2) is 32.3 Å². The Kier molecular flexibility index (Phi) is 3.35. The van der Waals surface area contributed by atoms with Gasteiger partial charge in [-0.25, -0.2) is 19.4 Å². The molecule has 3 rings (SSSR count). The maximum atomic E-state index is 11.7. The summed E-state index contributed by atoms with van der Waals surface area (Å²) in [5.74, 6) is -0.0121. The number of aromatic nitrogens is 4. The zero-order valence-corrected chi connectivity index (χ0v) is 11.8. The number of aryl methyl sites for hydroxylation is 1. The van der Waals surface area contributed by atoms with Crippen molar-refractivity contribution >= 4 is 16.9 Å². The molecule has 1 aromatic carbocycles. The standard InChI is InChI=1S/C15H14N4O2/c1-3-21-14(20)13-8-10(2)19(18-13)15-16-9-11-6-4-5-7-12(11)17-15/h4-9H,3H2,1-2H3. The lowest BCUT2D eigenvalue weighted by Gasteiger charge is -2.03. The topological polar surface area (TPSA) is 69.9 Å². The minimum atomic E-state index is -0.444. The molecule has 106 valence electrons. The smallest absolute Gasteiger partial charge is 0.358 e. The van der Waals surface area contributed by atoms with Crippen LogP contribution in [0, 0.1) is 6.92 Å². The summed E-state index contributed by atoms with van der Waals surface area (Å²) in [6.45, 7) is 3.92. The fourth-order valence-electron chi connectivity index (χ4n) is 2.05. The number of hydrogen-bond acceptors (Lipinski definition) is 5. The predicted octanol–water partition coefficient (Wildman–Crippen LogP) is 2.30. The molecule has 0 spiro atoms. The third kappa shape index (κ3) is 2.47. The Bertz CT molecular complexity index is 810. The summed E-state index contributed by atoms with van der Waals surface area (Å²) in [4.78, 5) is 20.5. The molecule has 0 saturated heterocycles. The van der Waals surface area contributed by atoms with Gasteiger partial charge in [0, 0.05) is 17.3 Å². The quantitative estimate of drug-likeness (QED) is 0.689. The number of fused-ring (bicyclic) bond motifs is 1. The van der Waals surface area contributed by atoms with Gasteiger partial charge in [-0.3, -0.25) is 0 Å². The van der Waals surface area contributed by atoms with Gasteiger partial charge in [0.2, 0.25) is 0 Å². The average molecular weight is 282 g/mol. The summed E-state index contributed by atoms with van der Waals surface area (Å²) < 4.78 is 6.49. The fourth-order valence-corrected chi connectivity index (χ4v) is 2.05. The van der Waals surface area contributed by atoms with Gasteiger partial charge in [-0.2, -0.15) is 5.10 Å². The minimum Gasteiger partial charge on any atom is -0.461 e. The van der Waals surface area contributed by atoms with Crippen molar-refractivity contribution < 1.29 is 9.53 Å². The van der Waals surface area contributed by atoms with Crippen LogP contribution in [0.1, 0.15) is 23.1 Å². The van der Waals surface area contributed by atoms with Crippen LogP contribution in [0.3, 0.4) is 0 Å². The van der Waals surface area contributed by atoms with E-state index in [-0.39, 0.29) is 5.69 Å². The molecule has 2 aromatic heterocycles. The van der Waals surface area contributed by atoms with Crippen LogP contribution >= 0.6 is 0 Å². The van der Waals surface area contributed by atoms with Crippen molar-refractivity contribution in [2.24, 2.45) is 0 Å². The van der Waals surface area contributed by atoms with Crippen LogP contribution in [0.2, 0.25) is 0 Å². The molecular formula is C15H14N4O2. The van der Waals surface area contributed by atoms with Crippen LogP contribution in [0.25, 0.3) is 16.9 Å². The van der Waals surface area contributed by atoms with Crippen LogP contribution in [-0.2, 0) is 4.74 Å². The van der Waals surface area contributed by atoms with Gasteiger partial charge in [0.05, 0.1) is 12.1 Å². The maximum Gasteiger partial charge on any atom is 0.358 e. The number of hydrogen-bond donors (Lipinski definition) is 0. The third-order valence-electron chi connectivity index (χ3n) is 3.04. The molecule has 2 heterocycles. The molecule has 0 saturated carbocycles. The van der Waals surface area contributed by atoms with E-state index in [1.807, 2.05) is 31.2 Å². The van der Waals surface area contributed by atoms with E-state index in [0.29, 0.717) is 12.6 Å². The Morgan fingerprint density at radius 2 is 2.14 bits per heavy atom. The first kappa shape index (κ1) is 13.2. The number of nitrogens with zero attached hydrogens (tertiary/aromatic N) is 4. The van der Waals surface area contributed by atoms with Gasteiger partial charge in [0.15, 0.2) is 5.69 Å². The summed E-state index contributed by atoms with van der Waals surface area (Å²) in [6.07, 6.45) is 1.74. The molecule has 0 aliphatic rings. The minimum absolute atomic E-state index is 0.256. The van der Waals surface area contributed by atoms with Crippen molar-refractivity contribution in [2.75, 3.05) is 6.61 Å². The maximum absolute atomic E-state index is 11.7. The monoisotopic (exact) mass is 282 g/mol. The number of benzene rings is 1. The van der Waals surface area contributed by atoms with Gasteiger partial charge in [-0.1, -0.05) is 18.2 Å². The van der Waals surface area contributed by atoms with Crippen molar-refractivity contribution in [3.8, 4) is 5.95 Å². The highest BCUT2D eigenvalue weighted by Crippen LogP contribution is 2.14. The molecule has 0 fully saturated rings. The molecule has 3 aromatic rings. The third-order valence-corrected chi connectivity index (χ3v) is 3.04. The van der Waals surface area contributed by atoms with Gasteiger partial charge >= 0.3 is 5.97 Å². The highest BCUT2D eigenvalue weighted by atomic mass is 16.5. The molecule has 0 N–H and O–H groups in total. The van der Waals surface area contributed by atoms with Crippen LogP contribution in [0.5, 0.6) is 0 Å². The van der Waals surface area contributed by atoms with E-state index in [0.717, 1.165) is 16.6 Å². The van der Waals surface area contributed by atoms with Gasteiger partial charge in [0.1, 0.15) is 0 Å². The number of para-hydroxylation sites is 1. The average Bonchev–Trinajstić information content (AvgIpc) is 2.89. The Hall–Kier alpha value is -2.76. The number of ether oxygens (including phenoxy) is 1. The van der Waals surface area contributed by atoms with Crippen LogP contribution in [0.4, 0.5) is 0 Å². The Balaban J connectivity index is 2.04. The second kappa shape index (κ2) is 5.32. The van der Waals surface area contributed by atoms with Crippen LogP contribution in [0.15, 0.2) is 36.5 Å². The Morgan fingerprint density at radius 3 is 2.95 bits per heavy atom. The SMILES string of the molecule is CCOC(=O)c1cc(C)n(-c2ncc3ccccc3n2)n1. The molecular weight excluding hydrogens is 268 g/mol. The largest absolute Gasteiger partial charge is 0.461 e. The van der Waals surface area contributed by atoms with E-state index < -0.39 is 5.97 Å². The lowest BCUT2D eigenvalue weighted by atomic mass is 10.2. The predicted molar refractivity (Wildman–Crippen MR) is 77.4 cm³/mol. The van der Waals surface area contributed by atoms with Gasteiger partial charge in [-0.05, 0) is 26.0 Å². The fraction of sp³-hybridized carbons (Fsp3) is 0.200. The summed E-state index contributed by atoms with van der Waals surface area (Å²) in [5.41, 5.74) is 1.86. The lowest BCUT2D eigenvalue weighted by molar-refractivity contribution is 0.0519. The molecule has 0 radical (unpaired) electrons. The summed E-state index contributed by atoms with van der Waals surface area (Å²) in [6, 6.07) is 9.36. The molecule has 0 unspecified atom stereocenters. The van der Waals surface area contributed by atoms with Crippen molar-refractivity contribution in [1.82, 2.24) is 19.7 Å². The molecule has 0 amide bonds. The van der Waals surface area contributed by atoms with Crippen molar-refractivity contribution in [1.29, 1.82) is 0 Å². The Labute approximate surface area is 121 Å². The second-order valence-electron chi connectivity index (χ2n) is 4.53. The first-order chi connectivity index (χ1) is 10.2. The summed E-state index contributed by atoms with van der Waals surface area (Å²) >= 11 is 0. The molecule has 0 aliphatic heterocycles. The normalized spacial score (nSPS) is 10.8. The molecule has 0 bridgehead atoms. The molecule has 21 heavy (non-hydrogen) atoms. The zero-order chi connectivity index (χ0) is 14.8. The zero-order valence-electron chi connectivity index (χ0n) is 11.8. The highest BCUT2D eigenvalue weighted by Gasteiger charge is 2.15. The summed E-state index contributed by atoms with van der Waals surface area (Å²) in [7, 11) is 0. The van der Waals surface area contributed by atoms with E-state index >= 15 is 0 Å². The van der Waals surface area contributed by atoms with E-state index in [2.05, 4.69) is 15.1 Å². The highest BCUT2D eigenvalue weighted by molar-refractivity contribution is 5.87. The van der Waals surface area contributed by atoms with Crippen molar-refractivity contribution in [2.45, 2.75) is 13.8 Å². The molecule has 6 nitrogen and oxygen atoms in total. The van der Waals surface area contributed by atoms with Gasteiger partial charge in [0.25, 0.3) is 5.95 Å². The van der Waals surface area contributed by atoms with E-state index in [1.54, 1.807) is 23.9 Å². The van der Waals surface area contributed by atoms with Crippen molar-refractivity contribution in [3.63, 3.8) is 0 Å². The van der Waals surface area contributed by atoms with E-state index in [4.69, 9.17) is 4.74 Å².